The monoisotopic (exact) mass is 416 g/mol. The minimum atomic E-state index is -0.596. The van der Waals surface area contributed by atoms with Gasteiger partial charge in [-0.3, -0.25) is 0 Å². The number of amides is 2. The zero-order valence-electron chi connectivity index (χ0n) is 16.2. The summed E-state index contributed by atoms with van der Waals surface area (Å²) in [6.07, 6.45) is 0.274. The van der Waals surface area contributed by atoms with E-state index in [0.29, 0.717) is 25.9 Å². The Balaban J connectivity index is 1.62. The summed E-state index contributed by atoms with van der Waals surface area (Å²) in [6, 6.07) is 19.3. The first-order valence-corrected chi connectivity index (χ1v) is 10.2. The Morgan fingerprint density at radius 2 is 1.59 bits per heavy atom. The molecule has 29 heavy (non-hydrogen) atoms. The molecule has 2 aromatic rings. The molecular formula is C22H25ClN2O4. The van der Waals surface area contributed by atoms with Gasteiger partial charge in [-0.2, -0.15) is 0 Å². The number of piperidine rings is 1. The molecule has 2 aromatic carbocycles. The van der Waals surface area contributed by atoms with Crippen molar-refractivity contribution in [2.45, 2.75) is 25.0 Å². The number of rotatable bonds is 6. The normalized spacial score (nSPS) is 15.4. The number of alkyl carbamates (subject to hydrolysis) is 1. The van der Waals surface area contributed by atoms with Crippen molar-refractivity contribution in [3.63, 3.8) is 0 Å². The van der Waals surface area contributed by atoms with E-state index >= 15 is 0 Å². The van der Waals surface area contributed by atoms with E-state index in [4.69, 9.17) is 21.1 Å². The molecular weight excluding hydrogens is 392 g/mol. The summed E-state index contributed by atoms with van der Waals surface area (Å²) in [4.78, 5) is 26.4. The molecule has 0 spiro atoms. The summed E-state index contributed by atoms with van der Waals surface area (Å²) in [5, 5.41) is 3.00. The first kappa shape index (κ1) is 21.0. The Labute approximate surface area is 175 Å². The Morgan fingerprint density at radius 3 is 2.21 bits per heavy atom. The molecule has 6 nitrogen and oxygen atoms in total. The van der Waals surface area contributed by atoms with E-state index in [1.807, 2.05) is 60.7 Å². The SMILES string of the molecule is O=C(NC1(c2ccccc2)CCN(C(=O)OCc2ccccc2)CC1)OCCCl. The molecule has 0 aliphatic carbocycles. The summed E-state index contributed by atoms with van der Waals surface area (Å²) in [5.41, 5.74) is 1.33. The van der Waals surface area contributed by atoms with E-state index in [2.05, 4.69) is 5.32 Å². The highest BCUT2D eigenvalue weighted by Gasteiger charge is 2.39. The molecule has 0 bridgehead atoms. The second-order valence-corrected chi connectivity index (χ2v) is 7.30. The smallest absolute Gasteiger partial charge is 0.410 e. The Morgan fingerprint density at radius 1 is 0.966 bits per heavy atom. The summed E-state index contributed by atoms with van der Waals surface area (Å²) in [5.74, 6) is 0.243. The van der Waals surface area contributed by atoms with Crippen molar-refractivity contribution < 1.29 is 19.1 Å². The first-order valence-electron chi connectivity index (χ1n) is 9.65. The minimum absolute atomic E-state index is 0.149. The van der Waals surface area contributed by atoms with Crippen LogP contribution in [0.4, 0.5) is 9.59 Å². The largest absolute Gasteiger partial charge is 0.448 e. The fourth-order valence-corrected chi connectivity index (χ4v) is 3.56. The molecule has 1 aliphatic rings. The number of nitrogens with one attached hydrogen (secondary N) is 1. The maximum Gasteiger partial charge on any atom is 0.410 e. The Hall–Kier alpha value is -2.73. The van der Waals surface area contributed by atoms with Gasteiger partial charge in [0.15, 0.2) is 0 Å². The summed E-state index contributed by atoms with van der Waals surface area (Å²) < 4.78 is 10.6. The average Bonchev–Trinajstić information content (AvgIpc) is 2.78. The lowest BCUT2D eigenvalue weighted by Crippen LogP contribution is -2.54. The van der Waals surface area contributed by atoms with Crippen LogP contribution >= 0.6 is 11.6 Å². The van der Waals surface area contributed by atoms with Crippen LogP contribution in [0.15, 0.2) is 60.7 Å². The second kappa shape index (κ2) is 10.2. The van der Waals surface area contributed by atoms with Gasteiger partial charge in [0.25, 0.3) is 0 Å². The first-order chi connectivity index (χ1) is 14.1. The average molecular weight is 417 g/mol. The van der Waals surface area contributed by atoms with Crippen molar-refractivity contribution in [1.29, 1.82) is 0 Å². The van der Waals surface area contributed by atoms with E-state index in [-0.39, 0.29) is 25.2 Å². The van der Waals surface area contributed by atoms with E-state index in [1.165, 1.54) is 0 Å². The second-order valence-electron chi connectivity index (χ2n) is 6.93. The Kier molecular flexibility index (Phi) is 7.36. The molecule has 1 fully saturated rings. The van der Waals surface area contributed by atoms with Gasteiger partial charge < -0.3 is 19.7 Å². The number of carbonyl (C=O) groups is 2. The molecule has 0 aromatic heterocycles. The number of carbonyl (C=O) groups excluding carboxylic acids is 2. The highest BCUT2D eigenvalue weighted by Crippen LogP contribution is 2.33. The summed E-state index contributed by atoms with van der Waals surface area (Å²) >= 11 is 5.60. The number of hydrogen-bond donors (Lipinski definition) is 1. The summed E-state index contributed by atoms with van der Waals surface area (Å²) in [6.45, 7) is 1.33. The lowest BCUT2D eigenvalue weighted by Gasteiger charge is -2.42. The molecule has 0 radical (unpaired) electrons. The van der Waals surface area contributed by atoms with Gasteiger partial charge in [-0.05, 0) is 24.0 Å². The molecule has 1 saturated heterocycles. The molecule has 0 saturated carbocycles. The van der Waals surface area contributed by atoms with E-state index in [0.717, 1.165) is 11.1 Å². The topological polar surface area (TPSA) is 67.9 Å². The fourth-order valence-electron chi connectivity index (χ4n) is 3.49. The molecule has 7 heteroatoms. The highest BCUT2D eigenvalue weighted by atomic mass is 35.5. The van der Waals surface area contributed by atoms with Crippen molar-refractivity contribution >= 4 is 23.8 Å². The van der Waals surface area contributed by atoms with Crippen molar-refractivity contribution in [3.05, 3.63) is 71.8 Å². The van der Waals surface area contributed by atoms with Gasteiger partial charge in [-0.25, -0.2) is 9.59 Å². The molecule has 1 aliphatic heterocycles. The molecule has 3 rings (SSSR count). The molecule has 0 atom stereocenters. The minimum Gasteiger partial charge on any atom is -0.448 e. The number of benzene rings is 2. The molecule has 0 unspecified atom stereocenters. The van der Waals surface area contributed by atoms with Gasteiger partial charge in [0.1, 0.15) is 13.2 Å². The number of alkyl halides is 1. The predicted molar refractivity (Wildman–Crippen MR) is 111 cm³/mol. The summed E-state index contributed by atoms with van der Waals surface area (Å²) in [7, 11) is 0. The van der Waals surface area contributed by atoms with Crippen LogP contribution in [-0.4, -0.2) is 42.7 Å². The van der Waals surface area contributed by atoms with Gasteiger partial charge in [0, 0.05) is 13.1 Å². The van der Waals surface area contributed by atoms with Crippen molar-refractivity contribution in [2.75, 3.05) is 25.6 Å². The third-order valence-electron chi connectivity index (χ3n) is 5.06. The van der Waals surface area contributed by atoms with Gasteiger partial charge in [-0.15, -0.1) is 11.6 Å². The lowest BCUT2D eigenvalue weighted by atomic mass is 9.81. The molecule has 154 valence electrons. The number of nitrogens with zero attached hydrogens (tertiary/aromatic N) is 1. The zero-order valence-corrected chi connectivity index (χ0v) is 16.9. The Bertz CT molecular complexity index is 793. The number of ether oxygens (including phenoxy) is 2. The third kappa shape index (κ3) is 5.64. The van der Waals surface area contributed by atoms with E-state index in [9.17, 15) is 9.59 Å². The van der Waals surface area contributed by atoms with Crippen LogP contribution in [0.3, 0.4) is 0 Å². The van der Waals surface area contributed by atoms with Gasteiger partial charge in [-0.1, -0.05) is 60.7 Å². The fraction of sp³-hybridized carbons (Fsp3) is 0.364. The van der Waals surface area contributed by atoms with Crippen molar-refractivity contribution in [2.24, 2.45) is 0 Å². The van der Waals surface area contributed by atoms with Crippen LogP contribution in [0.5, 0.6) is 0 Å². The lowest BCUT2D eigenvalue weighted by molar-refractivity contribution is 0.0689. The zero-order chi connectivity index (χ0) is 20.5. The van der Waals surface area contributed by atoms with Crippen molar-refractivity contribution in [1.82, 2.24) is 10.2 Å². The van der Waals surface area contributed by atoms with Gasteiger partial charge >= 0.3 is 12.2 Å². The van der Waals surface area contributed by atoms with Crippen LogP contribution in [0, 0.1) is 0 Å². The van der Waals surface area contributed by atoms with Crippen LogP contribution < -0.4 is 5.32 Å². The third-order valence-corrected chi connectivity index (χ3v) is 5.21. The predicted octanol–water partition coefficient (Wildman–Crippen LogP) is 4.28. The number of likely N-dealkylation sites (tertiary alicyclic amines) is 1. The standard InChI is InChI=1S/C22H25ClN2O4/c23-13-16-28-20(26)24-22(19-9-5-2-6-10-19)11-14-25(15-12-22)21(27)29-17-18-7-3-1-4-8-18/h1-10H,11-17H2,(H,24,26). The van der Waals surface area contributed by atoms with Crippen LogP contribution in [-0.2, 0) is 21.6 Å². The number of hydrogen-bond acceptors (Lipinski definition) is 4. The van der Waals surface area contributed by atoms with E-state index in [1.54, 1.807) is 4.90 Å². The molecule has 2 amide bonds. The van der Waals surface area contributed by atoms with Crippen molar-refractivity contribution in [3.8, 4) is 0 Å². The molecule has 1 N–H and O–H groups in total. The maximum absolute atomic E-state index is 12.5. The highest BCUT2D eigenvalue weighted by molar-refractivity contribution is 6.18. The van der Waals surface area contributed by atoms with Crippen LogP contribution in [0.1, 0.15) is 24.0 Å². The van der Waals surface area contributed by atoms with Crippen LogP contribution in [0.25, 0.3) is 0 Å². The quantitative estimate of drug-likeness (QED) is 0.713. The molecule has 1 heterocycles. The van der Waals surface area contributed by atoms with Crippen LogP contribution in [0.2, 0.25) is 0 Å². The van der Waals surface area contributed by atoms with Gasteiger partial charge in [0.2, 0.25) is 0 Å². The van der Waals surface area contributed by atoms with E-state index < -0.39 is 11.6 Å². The maximum atomic E-state index is 12.5. The number of halogens is 1. The van der Waals surface area contributed by atoms with Gasteiger partial charge in [0.05, 0.1) is 11.4 Å².